The van der Waals surface area contributed by atoms with Crippen molar-refractivity contribution in [2.75, 3.05) is 6.61 Å². The summed E-state index contributed by atoms with van der Waals surface area (Å²) in [6.45, 7) is 6.20. The molecule has 2 aromatic rings. The van der Waals surface area contributed by atoms with Crippen LogP contribution in [0.1, 0.15) is 20.9 Å². The molecule has 0 amide bonds. The molecular weight excluding hydrogens is 346 g/mol. The van der Waals surface area contributed by atoms with E-state index in [4.69, 9.17) is 11.2 Å². The summed E-state index contributed by atoms with van der Waals surface area (Å²) < 4.78 is 6.61. The minimum atomic E-state index is 0.290. The fourth-order valence-corrected chi connectivity index (χ4v) is 3.44. The van der Waals surface area contributed by atoms with Gasteiger partial charge in [0.2, 0.25) is 0 Å². The lowest BCUT2D eigenvalue weighted by molar-refractivity contribution is 0.364. The first-order chi connectivity index (χ1) is 10.1. The maximum absolute atomic E-state index is 5.57. The van der Waals surface area contributed by atoms with Crippen molar-refractivity contribution in [3.05, 3.63) is 49.6 Å². The van der Waals surface area contributed by atoms with Crippen molar-refractivity contribution in [3.63, 3.8) is 0 Å². The highest BCUT2D eigenvalue weighted by Crippen LogP contribution is 2.24. The summed E-state index contributed by atoms with van der Waals surface area (Å²) in [5.41, 5.74) is 2.46. The normalized spacial score (nSPS) is 10.4. The van der Waals surface area contributed by atoms with Gasteiger partial charge >= 0.3 is 0 Å². The molecule has 4 heteroatoms. The minimum Gasteiger partial charge on any atom is -0.481 e. The first-order valence-corrected chi connectivity index (χ1v) is 8.32. The van der Waals surface area contributed by atoms with Crippen molar-refractivity contribution in [3.8, 4) is 18.1 Å². The molecule has 0 radical (unpaired) electrons. The standard InChI is InChI=1S/C17H18BrNOS/c1-4-7-20-17-6-5-15(18)9-14(17)10-19-11-16-8-12(2)13(3)21-16/h1,5-6,8-9,19H,7,10-11H2,2-3H3. The molecule has 0 aliphatic rings. The van der Waals surface area contributed by atoms with E-state index in [9.17, 15) is 0 Å². The lowest BCUT2D eigenvalue weighted by atomic mass is 10.2. The number of halogens is 1. The summed E-state index contributed by atoms with van der Waals surface area (Å²) in [5, 5.41) is 3.46. The fraction of sp³-hybridized carbons (Fsp3) is 0.294. The zero-order chi connectivity index (χ0) is 15.2. The zero-order valence-electron chi connectivity index (χ0n) is 12.2. The third kappa shape index (κ3) is 4.60. The largest absolute Gasteiger partial charge is 0.481 e. The van der Waals surface area contributed by atoms with E-state index in [1.165, 1.54) is 15.3 Å². The Morgan fingerprint density at radius 3 is 2.76 bits per heavy atom. The molecule has 1 N–H and O–H groups in total. The fourth-order valence-electron chi connectivity index (χ4n) is 2.00. The molecule has 1 aromatic carbocycles. The van der Waals surface area contributed by atoms with Crippen molar-refractivity contribution in [1.29, 1.82) is 0 Å². The first kappa shape index (κ1) is 16.1. The molecule has 110 valence electrons. The van der Waals surface area contributed by atoms with Crippen molar-refractivity contribution in [2.24, 2.45) is 0 Å². The maximum atomic E-state index is 5.57. The Kier molecular flexibility index (Phi) is 5.86. The summed E-state index contributed by atoms with van der Waals surface area (Å²) in [6.07, 6.45) is 5.25. The molecule has 1 heterocycles. The predicted octanol–water partition coefficient (Wildman–Crippen LogP) is 4.43. The monoisotopic (exact) mass is 363 g/mol. The number of ether oxygens (including phenoxy) is 1. The number of terminal acetylenes is 1. The Bertz CT molecular complexity index is 638. The molecule has 2 nitrogen and oxygen atoms in total. The Labute approximate surface area is 138 Å². The van der Waals surface area contributed by atoms with E-state index in [2.05, 4.69) is 53.1 Å². The highest BCUT2D eigenvalue weighted by molar-refractivity contribution is 9.10. The van der Waals surface area contributed by atoms with Crippen LogP contribution in [-0.4, -0.2) is 6.61 Å². The van der Waals surface area contributed by atoms with Gasteiger partial charge in [-0.15, -0.1) is 17.8 Å². The first-order valence-electron chi connectivity index (χ1n) is 6.71. The van der Waals surface area contributed by atoms with Crippen molar-refractivity contribution < 1.29 is 4.74 Å². The third-order valence-electron chi connectivity index (χ3n) is 3.17. The third-order valence-corrected chi connectivity index (χ3v) is 4.81. The Balaban J connectivity index is 1.98. The SMILES string of the molecule is C#CCOc1ccc(Br)cc1CNCc1cc(C)c(C)s1. The van der Waals surface area contributed by atoms with Crippen LogP contribution in [0.2, 0.25) is 0 Å². The zero-order valence-corrected chi connectivity index (χ0v) is 14.6. The number of benzene rings is 1. The smallest absolute Gasteiger partial charge is 0.148 e. The van der Waals surface area contributed by atoms with Crippen LogP contribution < -0.4 is 10.1 Å². The van der Waals surface area contributed by atoms with Gasteiger partial charge in [0.1, 0.15) is 12.4 Å². The predicted molar refractivity (Wildman–Crippen MR) is 92.8 cm³/mol. The molecule has 1 aromatic heterocycles. The minimum absolute atomic E-state index is 0.290. The number of thiophene rings is 1. The summed E-state index contributed by atoms with van der Waals surface area (Å²) in [4.78, 5) is 2.73. The van der Waals surface area contributed by atoms with Gasteiger partial charge < -0.3 is 10.1 Å². The van der Waals surface area contributed by atoms with E-state index in [-0.39, 0.29) is 6.61 Å². The van der Waals surface area contributed by atoms with Crippen molar-refractivity contribution >= 4 is 27.3 Å². The Morgan fingerprint density at radius 1 is 1.29 bits per heavy atom. The summed E-state index contributed by atoms with van der Waals surface area (Å²) in [5.74, 6) is 3.33. The second-order valence-electron chi connectivity index (χ2n) is 4.80. The van der Waals surface area contributed by atoms with Gasteiger partial charge in [0, 0.05) is 32.9 Å². The lowest BCUT2D eigenvalue weighted by Crippen LogP contribution is -2.13. The molecule has 2 rings (SSSR count). The van der Waals surface area contributed by atoms with Crippen molar-refractivity contribution in [2.45, 2.75) is 26.9 Å². The van der Waals surface area contributed by atoms with Crippen LogP contribution in [0, 0.1) is 26.2 Å². The molecule has 0 fully saturated rings. The van der Waals surface area contributed by atoms with Crippen LogP contribution in [0.3, 0.4) is 0 Å². The van der Waals surface area contributed by atoms with Gasteiger partial charge in [-0.3, -0.25) is 0 Å². The second-order valence-corrected chi connectivity index (χ2v) is 7.06. The van der Waals surface area contributed by atoms with Crippen LogP contribution >= 0.6 is 27.3 Å². The molecule has 0 aliphatic heterocycles. The van der Waals surface area contributed by atoms with Crippen molar-refractivity contribution in [1.82, 2.24) is 5.32 Å². The number of nitrogens with one attached hydrogen (secondary N) is 1. The number of aryl methyl sites for hydroxylation is 2. The molecule has 0 aliphatic carbocycles. The molecule has 0 saturated carbocycles. The van der Waals surface area contributed by atoms with E-state index >= 15 is 0 Å². The van der Waals surface area contributed by atoms with Gasteiger partial charge in [-0.2, -0.15) is 0 Å². The highest BCUT2D eigenvalue weighted by atomic mass is 79.9. The van der Waals surface area contributed by atoms with E-state index in [1.807, 2.05) is 23.5 Å². The average Bonchev–Trinajstić information content (AvgIpc) is 2.77. The summed E-state index contributed by atoms with van der Waals surface area (Å²) in [6, 6.07) is 8.20. The van der Waals surface area contributed by atoms with Crippen LogP contribution in [0.4, 0.5) is 0 Å². The van der Waals surface area contributed by atoms with Crippen LogP contribution in [-0.2, 0) is 13.1 Å². The van der Waals surface area contributed by atoms with E-state index in [0.717, 1.165) is 28.9 Å². The second kappa shape index (κ2) is 7.65. The molecule has 0 saturated heterocycles. The molecule has 21 heavy (non-hydrogen) atoms. The Morgan fingerprint density at radius 2 is 2.10 bits per heavy atom. The number of hydrogen-bond acceptors (Lipinski definition) is 3. The molecule has 0 bridgehead atoms. The van der Waals surface area contributed by atoms with Crippen LogP contribution in [0.15, 0.2) is 28.7 Å². The van der Waals surface area contributed by atoms with Crippen LogP contribution in [0.25, 0.3) is 0 Å². The van der Waals surface area contributed by atoms with Gasteiger partial charge in [-0.1, -0.05) is 21.9 Å². The average molecular weight is 364 g/mol. The summed E-state index contributed by atoms with van der Waals surface area (Å²) in [7, 11) is 0. The van der Waals surface area contributed by atoms with E-state index < -0.39 is 0 Å². The quantitative estimate of drug-likeness (QED) is 0.766. The van der Waals surface area contributed by atoms with E-state index in [1.54, 1.807) is 0 Å². The topological polar surface area (TPSA) is 21.3 Å². The molecular formula is C17H18BrNOS. The van der Waals surface area contributed by atoms with Gasteiger partial charge in [0.15, 0.2) is 0 Å². The number of hydrogen-bond donors (Lipinski definition) is 1. The summed E-state index contributed by atoms with van der Waals surface area (Å²) >= 11 is 5.33. The number of rotatable bonds is 6. The van der Waals surface area contributed by atoms with E-state index in [0.29, 0.717) is 0 Å². The highest BCUT2D eigenvalue weighted by Gasteiger charge is 2.06. The lowest BCUT2D eigenvalue weighted by Gasteiger charge is -2.11. The Hall–Kier alpha value is -1.28. The maximum Gasteiger partial charge on any atom is 0.148 e. The van der Waals surface area contributed by atoms with Gasteiger partial charge in [-0.05, 0) is 43.7 Å². The molecule has 0 spiro atoms. The molecule has 0 unspecified atom stereocenters. The van der Waals surface area contributed by atoms with Crippen LogP contribution in [0.5, 0.6) is 5.75 Å². The van der Waals surface area contributed by atoms with Gasteiger partial charge in [-0.25, -0.2) is 0 Å². The molecule has 0 atom stereocenters. The van der Waals surface area contributed by atoms with Gasteiger partial charge in [0.05, 0.1) is 0 Å². The van der Waals surface area contributed by atoms with Gasteiger partial charge in [0.25, 0.3) is 0 Å².